The molecule has 1 fully saturated rings. The Bertz CT molecular complexity index is 586. The Kier molecular flexibility index (Phi) is 27.6. The smallest absolute Gasteiger partial charge is 0.306 e. The maximum Gasteiger partial charge on any atom is 0.306 e. The van der Waals surface area contributed by atoms with Gasteiger partial charge in [-0.25, -0.2) is 0 Å². The van der Waals surface area contributed by atoms with Gasteiger partial charge >= 0.3 is 5.97 Å². The first-order valence-corrected chi connectivity index (χ1v) is 18.8. The summed E-state index contributed by atoms with van der Waals surface area (Å²) >= 11 is 1.98. The first kappa shape index (κ1) is 38.4. The second-order valence-electron chi connectivity index (χ2n) is 12.4. The van der Waals surface area contributed by atoms with Crippen molar-refractivity contribution >= 4 is 24.2 Å². The number of esters is 1. The summed E-state index contributed by atoms with van der Waals surface area (Å²) < 4.78 is 9.41. The highest BCUT2D eigenvalue weighted by molar-refractivity contribution is 7.98. The lowest BCUT2D eigenvalue weighted by molar-refractivity contribution is -0.149. The van der Waals surface area contributed by atoms with Crippen LogP contribution >= 0.6 is 11.9 Å². The maximum atomic E-state index is 12.3. The monoisotopic (exact) mass is 596 g/mol. The topological polar surface area (TPSA) is 58.6 Å². The van der Waals surface area contributed by atoms with E-state index in [0.717, 1.165) is 56.6 Å². The molecule has 0 bridgehead atoms. The predicted octanol–water partition coefficient (Wildman–Crippen LogP) is 9.81. The lowest BCUT2D eigenvalue weighted by Crippen LogP contribution is -2.29. The van der Waals surface area contributed by atoms with Gasteiger partial charge in [0.2, 0.25) is 0 Å². The number of rotatable bonds is 31. The van der Waals surface area contributed by atoms with Gasteiger partial charge in [-0.15, -0.1) is 0 Å². The van der Waals surface area contributed by atoms with Crippen LogP contribution in [0.25, 0.3) is 0 Å². The number of nitrogens with zero attached hydrogens (tertiary/aromatic N) is 1. The van der Waals surface area contributed by atoms with E-state index in [2.05, 4.69) is 23.5 Å². The molecule has 6 heteroatoms. The van der Waals surface area contributed by atoms with Crippen molar-refractivity contribution in [1.82, 2.24) is 9.62 Å². The van der Waals surface area contributed by atoms with E-state index in [1.807, 2.05) is 11.9 Å². The van der Waals surface area contributed by atoms with Gasteiger partial charge in [-0.3, -0.25) is 9.52 Å². The molecule has 1 N–H and O–H groups in total. The third-order valence-electron chi connectivity index (χ3n) is 8.59. The van der Waals surface area contributed by atoms with Crippen molar-refractivity contribution in [3.05, 3.63) is 0 Å². The molecular weight excluding hydrogens is 528 g/mol. The Balaban J connectivity index is 2.13. The molecule has 0 aliphatic heterocycles. The molecule has 0 saturated heterocycles. The minimum Gasteiger partial charge on any atom is -0.462 e. The zero-order valence-electron chi connectivity index (χ0n) is 27.3. The molecular formula is C35H68N2O3S. The van der Waals surface area contributed by atoms with Gasteiger partial charge < -0.3 is 14.4 Å². The van der Waals surface area contributed by atoms with Crippen LogP contribution in [0.1, 0.15) is 174 Å². The quantitative estimate of drug-likeness (QED) is 0.0372. The molecule has 1 rings (SSSR count). The summed E-state index contributed by atoms with van der Waals surface area (Å²) in [4.78, 5) is 25.5. The number of unbranched alkanes of at least 4 members (excludes halogenated alkanes) is 14. The molecule has 0 amide bonds. The van der Waals surface area contributed by atoms with Gasteiger partial charge in [0.1, 0.15) is 12.4 Å². The fraction of sp³-hybridized carbons (Fsp3) is 0.943. The van der Waals surface area contributed by atoms with Crippen LogP contribution in [0.2, 0.25) is 0 Å². The number of ether oxygens (including phenoxy) is 1. The summed E-state index contributed by atoms with van der Waals surface area (Å²) in [6.45, 7) is 9.08. The summed E-state index contributed by atoms with van der Waals surface area (Å²) in [6.07, 6.45) is 30.8. The van der Waals surface area contributed by atoms with E-state index in [-0.39, 0.29) is 12.1 Å². The first-order chi connectivity index (χ1) is 20.2. The number of hydrogen-bond acceptors (Lipinski definition) is 6. The summed E-state index contributed by atoms with van der Waals surface area (Å²) in [5.74, 6) is 0.0138. The van der Waals surface area contributed by atoms with Crippen LogP contribution < -0.4 is 4.72 Å². The Morgan fingerprint density at radius 1 is 0.805 bits per heavy atom. The normalized spacial score (nSPS) is 14.6. The average Bonchev–Trinajstić information content (AvgIpc) is 3.50. The van der Waals surface area contributed by atoms with Gasteiger partial charge in [-0.2, -0.15) is 0 Å². The number of aldehydes is 1. The Morgan fingerprint density at radius 3 is 2.05 bits per heavy atom. The fourth-order valence-corrected chi connectivity index (χ4v) is 6.93. The summed E-state index contributed by atoms with van der Waals surface area (Å²) in [5.41, 5.74) is 0. The lowest BCUT2D eigenvalue weighted by Gasteiger charge is -2.22. The van der Waals surface area contributed by atoms with Gasteiger partial charge in [0.25, 0.3) is 0 Å². The van der Waals surface area contributed by atoms with E-state index < -0.39 is 0 Å². The van der Waals surface area contributed by atoms with Crippen molar-refractivity contribution in [1.29, 1.82) is 0 Å². The summed E-state index contributed by atoms with van der Waals surface area (Å²) in [7, 11) is 0. The van der Waals surface area contributed by atoms with Crippen LogP contribution in [-0.2, 0) is 14.3 Å². The Labute approximate surface area is 259 Å². The van der Waals surface area contributed by atoms with E-state index in [1.165, 1.54) is 135 Å². The van der Waals surface area contributed by atoms with Crippen molar-refractivity contribution in [3.8, 4) is 0 Å². The number of hydrogen-bond donors (Lipinski definition) is 1. The molecule has 242 valence electrons. The van der Waals surface area contributed by atoms with Crippen LogP contribution in [0, 0.1) is 0 Å². The van der Waals surface area contributed by atoms with Gasteiger partial charge in [0, 0.05) is 24.6 Å². The third-order valence-corrected chi connectivity index (χ3v) is 9.77. The second kappa shape index (κ2) is 29.5. The summed E-state index contributed by atoms with van der Waals surface area (Å²) in [5, 5.41) is 0.838. The highest BCUT2D eigenvalue weighted by Crippen LogP contribution is 2.27. The molecule has 1 aliphatic rings. The minimum atomic E-state index is 0.0138. The molecule has 0 aromatic carbocycles. The zero-order chi connectivity index (χ0) is 29.6. The molecule has 1 aliphatic carbocycles. The van der Waals surface area contributed by atoms with Crippen molar-refractivity contribution in [2.24, 2.45) is 0 Å². The second-order valence-corrected chi connectivity index (χ2v) is 13.6. The van der Waals surface area contributed by atoms with Gasteiger partial charge in [0.15, 0.2) is 0 Å². The number of carbonyl (C=O) groups excluding carboxylic acids is 2. The SMILES string of the molecule is CCCCCCCCC(CC)OC(=O)CCCCCCCN(CCCCCCCC=O)CCCNSC1CCCC1. The highest BCUT2D eigenvalue weighted by atomic mass is 32.2. The van der Waals surface area contributed by atoms with Crippen LogP contribution in [0.15, 0.2) is 0 Å². The molecule has 1 saturated carbocycles. The fourth-order valence-electron chi connectivity index (χ4n) is 5.87. The van der Waals surface area contributed by atoms with Gasteiger partial charge in [-0.05, 0) is 83.8 Å². The third kappa shape index (κ3) is 24.5. The van der Waals surface area contributed by atoms with Gasteiger partial charge in [-0.1, -0.05) is 109 Å². The van der Waals surface area contributed by atoms with Crippen LogP contribution in [0.3, 0.4) is 0 Å². The Hall–Kier alpha value is -0.590. The maximum absolute atomic E-state index is 12.3. The molecule has 5 nitrogen and oxygen atoms in total. The molecule has 0 aromatic heterocycles. The van der Waals surface area contributed by atoms with E-state index in [1.54, 1.807) is 0 Å². The van der Waals surface area contributed by atoms with Crippen LogP contribution in [0.4, 0.5) is 0 Å². The largest absolute Gasteiger partial charge is 0.462 e. The van der Waals surface area contributed by atoms with Crippen molar-refractivity contribution in [3.63, 3.8) is 0 Å². The van der Waals surface area contributed by atoms with E-state index in [9.17, 15) is 9.59 Å². The first-order valence-electron chi connectivity index (χ1n) is 17.9. The molecule has 0 radical (unpaired) electrons. The zero-order valence-corrected chi connectivity index (χ0v) is 28.1. The number of carbonyl (C=O) groups is 2. The minimum absolute atomic E-state index is 0.0138. The summed E-state index contributed by atoms with van der Waals surface area (Å²) in [6, 6.07) is 0. The molecule has 41 heavy (non-hydrogen) atoms. The Morgan fingerprint density at radius 2 is 1.39 bits per heavy atom. The average molecular weight is 597 g/mol. The number of nitrogens with one attached hydrogen (secondary N) is 1. The van der Waals surface area contributed by atoms with Gasteiger partial charge in [0.05, 0.1) is 0 Å². The van der Waals surface area contributed by atoms with Crippen molar-refractivity contribution in [2.45, 2.75) is 186 Å². The van der Waals surface area contributed by atoms with Crippen LogP contribution in [-0.4, -0.2) is 54.7 Å². The van der Waals surface area contributed by atoms with Crippen molar-refractivity contribution in [2.75, 3.05) is 26.2 Å². The van der Waals surface area contributed by atoms with E-state index in [0.29, 0.717) is 6.42 Å². The lowest BCUT2D eigenvalue weighted by atomic mass is 10.1. The predicted molar refractivity (Wildman–Crippen MR) is 179 cm³/mol. The standard InChI is InChI=1S/C35H68N2O3S/c1-3-5-6-7-11-16-24-33(4-2)40-35(39)27-17-12-10-14-21-30-37(29-20-13-8-9-15-22-32-38)31-23-28-36-41-34-25-18-19-26-34/h32-34,36H,3-31H2,1-2H3. The molecule has 1 atom stereocenters. The van der Waals surface area contributed by atoms with Crippen molar-refractivity contribution < 1.29 is 14.3 Å². The molecule has 0 spiro atoms. The van der Waals surface area contributed by atoms with Crippen LogP contribution in [0.5, 0.6) is 0 Å². The molecule has 0 aromatic rings. The highest BCUT2D eigenvalue weighted by Gasteiger charge is 2.15. The van der Waals surface area contributed by atoms with E-state index >= 15 is 0 Å². The molecule has 1 unspecified atom stereocenters. The van der Waals surface area contributed by atoms with E-state index in [4.69, 9.17) is 4.74 Å². The molecule has 0 heterocycles.